The molecule has 0 aliphatic heterocycles. The Bertz CT molecular complexity index is 598. The van der Waals surface area contributed by atoms with Gasteiger partial charge in [-0.3, -0.25) is 4.90 Å². The van der Waals surface area contributed by atoms with Gasteiger partial charge in [-0.2, -0.15) is 0 Å². The molecular formula is C14H18ClN3O2. The number of hydrogen-bond donors (Lipinski definition) is 1. The van der Waals surface area contributed by atoms with Gasteiger partial charge in [0.25, 0.3) is 0 Å². The van der Waals surface area contributed by atoms with Crippen molar-refractivity contribution in [1.29, 1.82) is 0 Å². The summed E-state index contributed by atoms with van der Waals surface area (Å²) in [6.45, 7) is 1.23. The second-order valence-electron chi connectivity index (χ2n) is 4.74. The zero-order chi connectivity index (χ0) is 14.7. The molecule has 0 spiro atoms. The molecule has 1 heterocycles. The number of rotatable bonds is 5. The first kappa shape index (κ1) is 14.7. The molecule has 1 aromatic carbocycles. The van der Waals surface area contributed by atoms with Crippen molar-refractivity contribution >= 4 is 11.6 Å². The van der Waals surface area contributed by atoms with Gasteiger partial charge in [0.2, 0.25) is 0 Å². The molecule has 108 valence electrons. The quantitative estimate of drug-likeness (QED) is 0.920. The molecule has 0 saturated carbocycles. The van der Waals surface area contributed by atoms with Crippen LogP contribution in [-0.4, -0.2) is 33.7 Å². The first-order valence-electron chi connectivity index (χ1n) is 6.21. The topological polar surface area (TPSA) is 50.5 Å². The maximum Gasteiger partial charge on any atom is 0.162 e. The number of ether oxygens (including phenoxy) is 1. The van der Waals surface area contributed by atoms with Crippen LogP contribution in [-0.2, 0) is 20.1 Å². The second-order valence-corrected chi connectivity index (χ2v) is 5.18. The molecule has 0 aliphatic carbocycles. The number of halogens is 1. The molecule has 0 aliphatic rings. The lowest BCUT2D eigenvalue weighted by Crippen LogP contribution is -2.19. The predicted molar refractivity (Wildman–Crippen MR) is 78.0 cm³/mol. The van der Waals surface area contributed by atoms with E-state index in [1.807, 2.05) is 29.8 Å². The highest BCUT2D eigenvalue weighted by Gasteiger charge is 2.13. The molecule has 0 atom stereocenters. The monoisotopic (exact) mass is 295 g/mol. The Morgan fingerprint density at radius 2 is 2.15 bits per heavy atom. The van der Waals surface area contributed by atoms with Crippen molar-refractivity contribution in [2.75, 3.05) is 14.2 Å². The van der Waals surface area contributed by atoms with Crippen LogP contribution < -0.4 is 4.74 Å². The molecule has 2 aromatic rings. The van der Waals surface area contributed by atoms with E-state index in [0.29, 0.717) is 23.9 Å². The zero-order valence-electron chi connectivity index (χ0n) is 11.8. The van der Waals surface area contributed by atoms with E-state index in [9.17, 15) is 5.11 Å². The van der Waals surface area contributed by atoms with Crippen LogP contribution in [0.15, 0.2) is 24.5 Å². The molecule has 0 radical (unpaired) electrons. The van der Waals surface area contributed by atoms with Crippen molar-refractivity contribution in [1.82, 2.24) is 14.5 Å². The van der Waals surface area contributed by atoms with Crippen molar-refractivity contribution < 1.29 is 9.84 Å². The minimum atomic E-state index is 0.128. The van der Waals surface area contributed by atoms with Crippen molar-refractivity contribution in [3.05, 3.63) is 40.9 Å². The van der Waals surface area contributed by atoms with Gasteiger partial charge in [-0.05, 0) is 13.1 Å². The van der Waals surface area contributed by atoms with E-state index in [-0.39, 0.29) is 5.75 Å². The van der Waals surface area contributed by atoms with E-state index in [0.717, 1.165) is 11.4 Å². The fourth-order valence-corrected chi connectivity index (χ4v) is 2.27. The van der Waals surface area contributed by atoms with Gasteiger partial charge in [0, 0.05) is 42.6 Å². The molecule has 0 unspecified atom stereocenters. The summed E-state index contributed by atoms with van der Waals surface area (Å²) in [5.74, 6) is 1.47. The predicted octanol–water partition coefficient (Wildman–Crippen LogP) is 2.42. The van der Waals surface area contributed by atoms with E-state index in [4.69, 9.17) is 16.3 Å². The number of hydrogen-bond acceptors (Lipinski definition) is 4. The van der Waals surface area contributed by atoms with Crippen molar-refractivity contribution in [2.24, 2.45) is 7.05 Å². The lowest BCUT2D eigenvalue weighted by atomic mass is 10.1. The van der Waals surface area contributed by atoms with Crippen LogP contribution >= 0.6 is 11.6 Å². The van der Waals surface area contributed by atoms with E-state index >= 15 is 0 Å². The molecule has 0 bridgehead atoms. The highest BCUT2D eigenvalue weighted by molar-refractivity contribution is 6.30. The molecule has 20 heavy (non-hydrogen) atoms. The van der Waals surface area contributed by atoms with Crippen LogP contribution in [0.25, 0.3) is 0 Å². The fourth-order valence-electron chi connectivity index (χ4n) is 2.04. The number of phenols is 1. The van der Waals surface area contributed by atoms with Crippen LogP contribution in [0.1, 0.15) is 11.4 Å². The average Bonchev–Trinajstić information content (AvgIpc) is 2.79. The first-order chi connectivity index (χ1) is 9.51. The number of phenolic OH excluding ortho intramolecular Hbond substituents is 1. The lowest BCUT2D eigenvalue weighted by molar-refractivity contribution is 0.298. The molecule has 6 heteroatoms. The highest BCUT2D eigenvalue weighted by Crippen LogP contribution is 2.34. The van der Waals surface area contributed by atoms with Gasteiger partial charge in [-0.1, -0.05) is 11.6 Å². The summed E-state index contributed by atoms with van der Waals surface area (Å²) >= 11 is 6.03. The molecule has 0 fully saturated rings. The minimum Gasteiger partial charge on any atom is -0.504 e. The van der Waals surface area contributed by atoms with Gasteiger partial charge >= 0.3 is 0 Å². The standard InChI is InChI=1S/C14H18ClN3O2/c1-17(9-13-16-4-5-18(13)2)8-10-6-11(15)7-12(20-3)14(10)19/h4-7,19H,8-9H2,1-3H3. The number of methoxy groups -OCH3 is 1. The van der Waals surface area contributed by atoms with Crippen LogP contribution in [0, 0.1) is 0 Å². The second kappa shape index (κ2) is 6.15. The Balaban J connectivity index is 2.13. The SMILES string of the molecule is COc1cc(Cl)cc(CN(C)Cc2nccn2C)c1O. The summed E-state index contributed by atoms with van der Waals surface area (Å²) in [5, 5.41) is 10.7. The van der Waals surface area contributed by atoms with Crippen molar-refractivity contribution in [3.63, 3.8) is 0 Å². The number of nitrogens with zero attached hydrogens (tertiary/aromatic N) is 3. The van der Waals surface area contributed by atoms with Gasteiger partial charge in [0.15, 0.2) is 11.5 Å². The number of imidazole rings is 1. The normalized spacial score (nSPS) is 11.1. The molecule has 1 N–H and O–H groups in total. The maximum atomic E-state index is 10.1. The Morgan fingerprint density at radius 1 is 1.40 bits per heavy atom. The summed E-state index contributed by atoms with van der Waals surface area (Å²) in [4.78, 5) is 6.33. The van der Waals surface area contributed by atoms with Crippen LogP contribution in [0.5, 0.6) is 11.5 Å². The molecule has 1 aromatic heterocycles. The van der Waals surface area contributed by atoms with Gasteiger partial charge < -0.3 is 14.4 Å². The Hall–Kier alpha value is -1.72. The lowest BCUT2D eigenvalue weighted by Gasteiger charge is -2.18. The summed E-state index contributed by atoms with van der Waals surface area (Å²) in [5.41, 5.74) is 0.728. The first-order valence-corrected chi connectivity index (χ1v) is 6.59. The van der Waals surface area contributed by atoms with E-state index in [1.54, 1.807) is 18.3 Å². The van der Waals surface area contributed by atoms with Gasteiger partial charge in [0.05, 0.1) is 13.7 Å². The van der Waals surface area contributed by atoms with E-state index in [2.05, 4.69) is 4.98 Å². The van der Waals surface area contributed by atoms with Crippen LogP contribution in [0.3, 0.4) is 0 Å². The van der Waals surface area contributed by atoms with Gasteiger partial charge in [0.1, 0.15) is 5.82 Å². The third-order valence-electron chi connectivity index (χ3n) is 3.11. The number of aromatic hydroxyl groups is 1. The summed E-state index contributed by atoms with van der Waals surface area (Å²) in [7, 11) is 5.42. The Labute approximate surface area is 123 Å². The molecule has 0 saturated heterocycles. The molecular weight excluding hydrogens is 278 g/mol. The summed E-state index contributed by atoms with van der Waals surface area (Å²) < 4.78 is 7.07. The van der Waals surface area contributed by atoms with Crippen molar-refractivity contribution in [2.45, 2.75) is 13.1 Å². The number of benzene rings is 1. The highest BCUT2D eigenvalue weighted by atomic mass is 35.5. The van der Waals surface area contributed by atoms with Gasteiger partial charge in [-0.15, -0.1) is 0 Å². The van der Waals surface area contributed by atoms with Crippen LogP contribution in [0.2, 0.25) is 5.02 Å². The molecule has 2 rings (SSSR count). The number of aryl methyl sites for hydroxylation is 1. The summed E-state index contributed by atoms with van der Waals surface area (Å²) in [6.07, 6.45) is 3.67. The smallest absolute Gasteiger partial charge is 0.162 e. The van der Waals surface area contributed by atoms with Crippen LogP contribution in [0.4, 0.5) is 0 Å². The summed E-state index contributed by atoms with van der Waals surface area (Å²) in [6, 6.07) is 3.34. The largest absolute Gasteiger partial charge is 0.504 e. The fraction of sp³-hybridized carbons (Fsp3) is 0.357. The number of aromatic nitrogens is 2. The third-order valence-corrected chi connectivity index (χ3v) is 3.33. The Kier molecular flexibility index (Phi) is 4.52. The molecule has 0 amide bonds. The molecule has 5 nitrogen and oxygen atoms in total. The maximum absolute atomic E-state index is 10.1. The van der Waals surface area contributed by atoms with Crippen molar-refractivity contribution in [3.8, 4) is 11.5 Å². The van der Waals surface area contributed by atoms with Gasteiger partial charge in [-0.25, -0.2) is 4.98 Å². The zero-order valence-corrected chi connectivity index (χ0v) is 12.6. The average molecular weight is 296 g/mol. The van der Waals surface area contributed by atoms with E-state index in [1.165, 1.54) is 7.11 Å². The minimum absolute atomic E-state index is 0.128. The Morgan fingerprint density at radius 3 is 2.75 bits per heavy atom. The van der Waals surface area contributed by atoms with E-state index < -0.39 is 0 Å². The third kappa shape index (κ3) is 3.23.